The average molecular weight is 128 g/mol. The Morgan fingerprint density at radius 1 is 1.14 bits per heavy atom. The number of aliphatic hydroxyl groups excluding tert-OH is 1. The molecule has 0 rings (SSSR count). The summed E-state index contributed by atoms with van der Waals surface area (Å²) in [6.07, 6.45) is -0.299. The molecule has 46 valence electrons. The zero-order valence-electron chi connectivity index (χ0n) is 3.70. The third kappa shape index (κ3) is 6.27. The summed E-state index contributed by atoms with van der Waals surface area (Å²) < 4.78 is 0. The van der Waals surface area contributed by atoms with Crippen molar-refractivity contribution in [3.63, 3.8) is 0 Å². The topological polar surface area (TPSA) is 80.9 Å². The zero-order chi connectivity index (χ0) is 5.91. The van der Waals surface area contributed by atoms with Crippen molar-refractivity contribution < 1.29 is 19.8 Å². The molecule has 4 N–H and O–H groups in total. The molecule has 0 bridgehead atoms. The fourth-order valence-corrected chi connectivity index (χ4v) is 0.450. The van der Waals surface area contributed by atoms with Gasteiger partial charge in [0.25, 0.3) is 0 Å². The van der Waals surface area contributed by atoms with Gasteiger partial charge in [-0.05, 0) is 0 Å². The van der Waals surface area contributed by atoms with Crippen LogP contribution in [0.15, 0.2) is 0 Å². The minimum absolute atomic E-state index is 0.299. The van der Waals surface area contributed by atoms with Crippen LogP contribution in [0.3, 0.4) is 0 Å². The van der Waals surface area contributed by atoms with Crippen LogP contribution in [0.1, 0.15) is 0 Å². The van der Waals surface area contributed by atoms with E-state index in [0.29, 0.717) is 0 Å². The van der Waals surface area contributed by atoms with Crippen LogP contribution < -0.4 is 0 Å². The van der Waals surface area contributed by atoms with Gasteiger partial charge in [-0.1, -0.05) is 0 Å². The summed E-state index contributed by atoms with van der Waals surface area (Å²) in [6.45, 7) is -0.379. The Hall–Kier alpha value is 0.270. The SMILES string of the molecule is OCC[PH](O)(O)O. The van der Waals surface area contributed by atoms with E-state index in [9.17, 15) is 0 Å². The predicted octanol–water partition coefficient (Wildman–Crippen LogP) is -1.55. The monoisotopic (exact) mass is 128 g/mol. The molecule has 0 saturated heterocycles. The molecule has 0 radical (unpaired) electrons. The molecular weight excluding hydrogens is 119 g/mol. The van der Waals surface area contributed by atoms with Crippen LogP contribution in [-0.2, 0) is 0 Å². The second kappa shape index (κ2) is 2.55. The molecule has 0 unspecified atom stereocenters. The molecule has 4 nitrogen and oxygen atoms in total. The quantitative estimate of drug-likeness (QED) is 0.339. The van der Waals surface area contributed by atoms with Crippen molar-refractivity contribution in [2.45, 2.75) is 0 Å². The van der Waals surface area contributed by atoms with Crippen LogP contribution >= 0.6 is 7.94 Å². The van der Waals surface area contributed by atoms with Gasteiger partial charge in [0.1, 0.15) is 0 Å². The maximum atomic E-state index is 8.11. The van der Waals surface area contributed by atoms with Crippen LogP contribution in [0.2, 0.25) is 0 Å². The molecule has 0 fully saturated rings. The first kappa shape index (κ1) is 7.27. The zero-order valence-corrected chi connectivity index (χ0v) is 4.70. The summed E-state index contributed by atoms with van der Waals surface area (Å²) in [5, 5.41) is 7.96. The Morgan fingerprint density at radius 2 is 1.57 bits per heavy atom. The molecule has 0 atom stereocenters. The number of aliphatic hydroxyl groups is 1. The van der Waals surface area contributed by atoms with E-state index in [1.165, 1.54) is 0 Å². The third-order valence-corrected chi connectivity index (χ3v) is 1.34. The van der Waals surface area contributed by atoms with Crippen LogP contribution in [0.5, 0.6) is 0 Å². The molecule has 0 amide bonds. The van der Waals surface area contributed by atoms with Gasteiger partial charge in [-0.3, -0.25) is 0 Å². The number of hydrogen-bond donors (Lipinski definition) is 4. The Kier molecular flexibility index (Phi) is 2.64. The van der Waals surface area contributed by atoms with Gasteiger partial charge in [-0.2, -0.15) is 0 Å². The second-order valence-electron chi connectivity index (χ2n) is 1.25. The number of hydrogen-bond acceptors (Lipinski definition) is 4. The summed E-state index contributed by atoms with van der Waals surface area (Å²) >= 11 is 0. The Bertz CT molecular complexity index is 48.1. The Balaban J connectivity index is 3.15. The molecule has 7 heavy (non-hydrogen) atoms. The van der Waals surface area contributed by atoms with E-state index in [0.717, 1.165) is 0 Å². The van der Waals surface area contributed by atoms with E-state index in [-0.39, 0.29) is 12.8 Å². The van der Waals surface area contributed by atoms with E-state index in [1.54, 1.807) is 0 Å². The predicted molar refractivity (Wildman–Crippen MR) is 26.9 cm³/mol. The van der Waals surface area contributed by atoms with Gasteiger partial charge in [-0.15, -0.1) is 0 Å². The van der Waals surface area contributed by atoms with Gasteiger partial charge >= 0.3 is 40.5 Å². The first-order chi connectivity index (χ1) is 3.06. The molecule has 0 aliphatic carbocycles. The first-order valence-corrected chi connectivity index (χ1v) is 3.89. The summed E-state index contributed by atoms with van der Waals surface area (Å²) in [5.41, 5.74) is 0. The van der Waals surface area contributed by atoms with E-state index in [1.807, 2.05) is 0 Å². The minimum atomic E-state index is -3.91. The molecule has 0 saturated carbocycles. The van der Waals surface area contributed by atoms with Gasteiger partial charge in [-0.25, -0.2) is 0 Å². The molecule has 0 aromatic rings. The van der Waals surface area contributed by atoms with Gasteiger partial charge in [0.05, 0.1) is 0 Å². The van der Waals surface area contributed by atoms with Crippen molar-refractivity contribution in [3.8, 4) is 0 Å². The summed E-state index contributed by atoms with van der Waals surface area (Å²) in [7, 11) is -3.91. The Morgan fingerprint density at radius 3 is 1.57 bits per heavy atom. The number of rotatable bonds is 2. The van der Waals surface area contributed by atoms with Crippen molar-refractivity contribution in [2.75, 3.05) is 12.8 Å². The standard InChI is InChI=1S/C2H9O4P/c3-1-2-7(4,5)6/h3-7H,1-2H2. The van der Waals surface area contributed by atoms with Crippen LogP contribution in [0, 0.1) is 0 Å². The molecule has 0 aliphatic heterocycles. The fourth-order valence-electron chi connectivity index (χ4n) is 0.150. The van der Waals surface area contributed by atoms with Gasteiger partial charge in [0, 0.05) is 0 Å². The van der Waals surface area contributed by atoms with Crippen molar-refractivity contribution in [1.29, 1.82) is 0 Å². The molecule has 0 aliphatic rings. The second-order valence-corrected chi connectivity index (χ2v) is 3.30. The van der Waals surface area contributed by atoms with Crippen molar-refractivity contribution in [2.24, 2.45) is 0 Å². The normalized spacial score (nSPS) is 14.3. The average Bonchev–Trinajstić information content (AvgIpc) is 1.30. The summed E-state index contributed by atoms with van der Waals surface area (Å²) in [4.78, 5) is 24.3. The van der Waals surface area contributed by atoms with Gasteiger partial charge in [0.2, 0.25) is 0 Å². The summed E-state index contributed by atoms with van der Waals surface area (Å²) in [6, 6.07) is 0. The van der Waals surface area contributed by atoms with Crippen molar-refractivity contribution in [1.82, 2.24) is 0 Å². The Labute approximate surface area is 41.6 Å². The molecule has 5 heteroatoms. The van der Waals surface area contributed by atoms with E-state index in [2.05, 4.69) is 0 Å². The fraction of sp³-hybridized carbons (Fsp3) is 1.00. The molecule has 0 spiro atoms. The molecule has 0 aromatic heterocycles. The van der Waals surface area contributed by atoms with Crippen molar-refractivity contribution >= 4 is 7.94 Å². The maximum absolute atomic E-state index is 8.11. The van der Waals surface area contributed by atoms with Gasteiger partial charge < -0.3 is 0 Å². The molecular formula is C2H9O4P. The van der Waals surface area contributed by atoms with E-state index < -0.39 is 7.94 Å². The van der Waals surface area contributed by atoms with Crippen LogP contribution in [-0.4, -0.2) is 32.6 Å². The van der Waals surface area contributed by atoms with E-state index in [4.69, 9.17) is 19.8 Å². The third-order valence-electron chi connectivity index (χ3n) is 0.447. The van der Waals surface area contributed by atoms with Crippen LogP contribution in [0.4, 0.5) is 0 Å². The van der Waals surface area contributed by atoms with Crippen LogP contribution in [0.25, 0.3) is 0 Å². The summed E-state index contributed by atoms with van der Waals surface area (Å²) in [5.74, 6) is 0. The molecule has 0 aromatic carbocycles. The first-order valence-electron chi connectivity index (χ1n) is 1.84. The molecule has 0 heterocycles. The van der Waals surface area contributed by atoms with Gasteiger partial charge in [0.15, 0.2) is 0 Å². The van der Waals surface area contributed by atoms with E-state index >= 15 is 0 Å². The van der Waals surface area contributed by atoms with Crippen molar-refractivity contribution in [3.05, 3.63) is 0 Å².